The first kappa shape index (κ1) is 22.4. The van der Waals surface area contributed by atoms with Crippen molar-refractivity contribution in [3.8, 4) is 28.5 Å². The summed E-state index contributed by atoms with van der Waals surface area (Å²) in [5.41, 5.74) is 2.52. The van der Waals surface area contributed by atoms with Crippen LogP contribution in [0.4, 0.5) is 5.82 Å². The molecule has 2 aromatic carbocycles. The van der Waals surface area contributed by atoms with E-state index in [4.69, 9.17) is 14.2 Å². The molecule has 1 aromatic heterocycles. The lowest BCUT2D eigenvalue weighted by molar-refractivity contribution is -0.130. The van der Waals surface area contributed by atoms with Crippen LogP contribution < -0.4 is 19.1 Å². The summed E-state index contributed by atoms with van der Waals surface area (Å²) in [6.07, 6.45) is 0.390. The Balaban J connectivity index is 1.36. The molecular formula is C25H28N4O4. The van der Waals surface area contributed by atoms with Gasteiger partial charge in [0.25, 0.3) is 0 Å². The zero-order valence-electron chi connectivity index (χ0n) is 19.2. The normalized spacial score (nSPS) is 13.5. The zero-order valence-corrected chi connectivity index (χ0v) is 19.2. The Kier molecular flexibility index (Phi) is 6.92. The maximum Gasteiger partial charge on any atom is 0.227 e. The fraction of sp³-hybridized carbons (Fsp3) is 0.320. The molecule has 1 amide bonds. The molecule has 0 atom stereocenters. The van der Waals surface area contributed by atoms with Crippen LogP contribution in [0.25, 0.3) is 11.3 Å². The van der Waals surface area contributed by atoms with Gasteiger partial charge in [-0.1, -0.05) is 12.1 Å². The summed E-state index contributed by atoms with van der Waals surface area (Å²) in [5.74, 6) is 3.15. The molecule has 0 spiro atoms. The highest BCUT2D eigenvalue weighted by atomic mass is 16.5. The molecule has 8 nitrogen and oxygen atoms in total. The largest absolute Gasteiger partial charge is 0.497 e. The smallest absolute Gasteiger partial charge is 0.227 e. The molecule has 1 aliphatic heterocycles. The summed E-state index contributed by atoms with van der Waals surface area (Å²) < 4.78 is 16.0. The van der Waals surface area contributed by atoms with Crippen LogP contribution in [0.1, 0.15) is 5.56 Å². The summed E-state index contributed by atoms with van der Waals surface area (Å²) in [5, 5.41) is 8.84. The van der Waals surface area contributed by atoms with E-state index in [0.29, 0.717) is 44.0 Å². The first-order valence-electron chi connectivity index (χ1n) is 10.8. The van der Waals surface area contributed by atoms with Crippen LogP contribution in [-0.2, 0) is 11.2 Å². The van der Waals surface area contributed by atoms with Crippen LogP contribution in [0.15, 0.2) is 54.6 Å². The van der Waals surface area contributed by atoms with Gasteiger partial charge in [0, 0.05) is 31.7 Å². The summed E-state index contributed by atoms with van der Waals surface area (Å²) in [4.78, 5) is 16.8. The van der Waals surface area contributed by atoms with E-state index >= 15 is 0 Å². The van der Waals surface area contributed by atoms with Crippen molar-refractivity contribution in [3.05, 3.63) is 60.2 Å². The Morgan fingerprint density at radius 2 is 1.52 bits per heavy atom. The van der Waals surface area contributed by atoms with E-state index in [-0.39, 0.29) is 5.91 Å². The average molecular weight is 449 g/mol. The highest BCUT2D eigenvalue weighted by Crippen LogP contribution is 2.32. The number of anilines is 1. The number of amides is 1. The van der Waals surface area contributed by atoms with Crippen molar-refractivity contribution in [2.24, 2.45) is 0 Å². The maximum atomic E-state index is 12.7. The van der Waals surface area contributed by atoms with E-state index in [9.17, 15) is 4.79 Å². The predicted molar refractivity (Wildman–Crippen MR) is 126 cm³/mol. The Morgan fingerprint density at radius 3 is 2.12 bits per heavy atom. The highest BCUT2D eigenvalue weighted by molar-refractivity contribution is 5.79. The molecule has 2 heterocycles. The lowest BCUT2D eigenvalue weighted by Crippen LogP contribution is -2.49. The van der Waals surface area contributed by atoms with E-state index in [0.717, 1.165) is 28.4 Å². The number of nitrogens with zero attached hydrogens (tertiary/aromatic N) is 4. The van der Waals surface area contributed by atoms with Crippen LogP contribution in [0.2, 0.25) is 0 Å². The number of carbonyl (C=O) groups excluding carboxylic acids is 1. The third-order valence-electron chi connectivity index (χ3n) is 5.80. The number of piperazine rings is 1. The number of benzene rings is 2. The second-order valence-corrected chi connectivity index (χ2v) is 7.74. The zero-order chi connectivity index (χ0) is 23.2. The molecule has 172 valence electrons. The van der Waals surface area contributed by atoms with Gasteiger partial charge in [0.1, 0.15) is 17.2 Å². The van der Waals surface area contributed by atoms with Crippen molar-refractivity contribution < 1.29 is 19.0 Å². The minimum atomic E-state index is 0.131. The first-order chi connectivity index (χ1) is 16.1. The maximum absolute atomic E-state index is 12.7. The molecule has 3 aromatic rings. The van der Waals surface area contributed by atoms with Crippen LogP contribution in [0.3, 0.4) is 0 Å². The summed E-state index contributed by atoms with van der Waals surface area (Å²) in [6, 6.07) is 17.1. The monoisotopic (exact) mass is 448 g/mol. The van der Waals surface area contributed by atoms with Crippen LogP contribution >= 0.6 is 0 Å². The van der Waals surface area contributed by atoms with Gasteiger partial charge in [0.2, 0.25) is 5.91 Å². The summed E-state index contributed by atoms with van der Waals surface area (Å²) >= 11 is 0. The molecule has 0 unspecified atom stereocenters. The van der Waals surface area contributed by atoms with Gasteiger partial charge < -0.3 is 24.0 Å². The fourth-order valence-corrected chi connectivity index (χ4v) is 3.87. The number of carbonyl (C=O) groups is 1. The molecule has 0 aliphatic carbocycles. The van der Waals surface area contributed by atoms with Crippen molar-refractivity contribution in [2.75, 3.05) is 52.4 Å². The van der Waals surface area contributed by atoms with E-state index in [1.54, 1.807) is 21.3 Å². The van der Waals surface area contributed by atoms with E-state index in [2.05, 4.69) is 15.1 Å². The molecule has 8 heteroatoms. The predicted octanol–water partition coefficient (Wildman–Crippen LogP) is 3.06. The van der Waals surface area contributed by atoms with Gasteiger partial charge in [0.15, 0.2) is 5.82 Å². The van der Waals surface area contributed by atoms with Gasteiger partial charge in [-0.05, 0) is 48.0 Å². The minimum absolute atomic E-state index is 0.131. The molecule has 0 saturated carbocycles. The van der Waals surface area contributed by atoms with E-state index in [1.165, 1.54) is 0 Å². The lowest BCUT2D eigenvalue weighted by atomic mass is 10.1. The molecule has 0 radical (unpaired) electrons. The third-order valence-corrected chi connectivity index (χ3v) is 5.80. The topological polar surface area (TPSA) is 77.0 Å². The van der Waals surface area contributed by atoms with Crippen LogP contribution in [0, 0.1) is 0 Å². The number of aromatic nitrogens is 2. The Labute approximate surface area is 193 Å². The number of rotatable bonds is 7. The van der Waals surface area contributed by atoms with Gasteiger partial charge >= 0.3 is 0 Å². The van der Waals surface area contributed by atoms with Crippen LogP contribution in [-0.4, -0.2) is 68.5 Å². The summed E-state index contributed by atoms with van der Waals surface area (Å²) in [7, 11) is 4.89. The third kappa shape index (κ3) is 5.16. The second kappa shape index (κ2) is 10.2. The van der Waals surface area contributed by atoms with Crippen molar-refractivity contribution >= 4 is 11.7 Å². The van der Waals surface area contributed by atoms with Crippen LogP contribution in [0.5, 0.6) is 17.2 Å². The van der Waals surface area contributed by atoms with E-state index < -0.39 is 0 Å². The van der Waals surface area contributed by atoms with Gasteiger partial charge in [-0.2, -0.15) is 0 Å². The number of hydrogen-bond acceptors (Lipinski definition) is 7. The van der Waals surface area contributed by atoms with Crippen molar-refractivity contribution in [1.29, 1.82) is 0 Å². The number of ether oxygens (including phenoxy) is 3. The minimum Gasteiger partial charge on any atom is -0.497 e. The van der Waals surface area contributed by atoms with Crippen molar-refractivity contribution in [1.82, 2.24) is 15.1 Å². The van der Waals surface area contributed by atoms with Gasteiger partial charge in [-0.25, -0.2) is 0 Å². The Hall–Kier alpha value is -3.81. The SMILES string of the molecule is COc1ccc(CC(=O)N2CCN(c3ccc(-c4cc(OC)ccc4OC)nn3)CC2)cc1. The Bertz CT molecular complexity index is 1080. The first-order valence-corrected chi connectivity index (χ1v) is 10.8. The molecule has 0 bridgehead atoms. The quantitative estimate of drug-likeness (QED) is 0.550. The molecule has 33 heavy (non-hydrogen) atoms. The standard InChI is InChI=1S/C25H28N4O4/c1-31-19-6-4-18(5-7-19)16-25(30)29-14-12-28(13-15-29)24-11-9-22(26-27-24)21-17-20(32-2)8-10-23(21)33-3/h4-11,17H,12-16H2,1-3H3. The Morgan fingerprint density at radius 1 is 0.818 bits per heavy atom. The van der Waals surface area contributed by atoms with Gasteiger partial charge in [-0.3, -0.25) is 4.79 Å². The average Bonchev–Trinajstić information content (AvgIpc) is 2.89. The lowest BCUT2D eigenvalue weighted by Gasteiger charge is -2.35. The van der Waals surface area contributed by atoms with Gasteiger partial charge in [0.05, 0.1) is 33.4 Å². The molecule has 1 fully saturated rings. The van der Waals surface area contributed by atoms with E-state index in [1.807, 2.05) is 59.5 Å². The molecule has 1 saturated heterocycles. The van der Waals surface area contributed by atoms with Crippen molar-refractivity contribution in [2.45, 2.75) is 6.42 Å². The number of hydrogen-bond donors (Lipinski definition) is 0. The highest BCUT2D eigenvalue weighted by Gasteiger charge is 2.22. The van der Waals surface area contributed by atoms with Gasteiger partial charge in [-0.15, -0.1) is 10.2 Å². The van der Waals surface area contributed by atoms with Crippen molar-refractivity contribution in [3.63, 3.8) is 0 Å². The summed E-state index contributed by atoms with van der Waals surface area (Å²) in [6.45, 7) is 2.74. The molecule has 0 N–H and O–H groups in total. The molecular weight excluding hydrogens is 420 g/mol. The second-order valence-electron chi connectivity index (χ2n) is 7.74. The molecule has 4 rings (SSSR count). The number of methoxy groups -OCH3 is 3. The molecule has 1 aliphatic rings. The fourth-order valence-electron chi connectivity index (χ4n) is 3.87.